The molecule has 0 amide bonds. The lowest BCUT2D eigenvalue weighted by molar-refractivity contribution is 0.0984. The Morgan fingerprint density at radius 1 is 1.37 bits per heavy atom. The highest BCUT2D eigenvalue weighted by atomic mass is 32.2. The molecule has 0 atom stereocenters. The topological polar surface area (TPSA) is 79.2 Å². The van der Waals surface area contributed by atoms with E-state index >= 15 is 0 Å². The van der Waals surface area contributed by atoms with E-state index in [2.05, 4.69) is 4.72 Å². The Balaban J connectivity index is 2.23. The summed E-state index contributed by atoms with van der Waals surface area (Å²) in [5.41, 5.74) is 0.0750. The largest absolute Gasteiger partial charge is 0.381 e. The van der Waals surface area contributed by atoms with E-state index in [4.69, 9.17) is 10.00 Å². The van der Waals surface area contributed by atoms with Crippen molar-refractivity contribution in [3.63, 3.8) is 0 Å². The van der Waals surface area contributed by atoms with Crippen molar-refractivity contribution in [2.75, 3.05) is 17.9 Å². The molecule has 0 spiro atoms. The van der Waals surface area contributed by atoms with E-state index in [1.807, 2.05) is 0 Å². The van der Waals surface area contributed by atoms with Gasteiger partial charge in [-0.1, -0.05) is 0 Å². The molecule has 19 heavy (non-hydrogen) atoms. The van der Waals surface area contributed by atoms with Gasteiger partial charge in [0.1, 0.15) is 11.9 Å². The van der Waals surface area contributed by atoms with Gasteiger partial charge in [-0.3, -0.25) is 4.72 Å². The van der Waals surface area contributed by atoms with E-state index in [9.17, 15) is 12.8 Å². The molecule has 7 heteroatoms. The molecular formula is C12H13FN2O3S. The molecule has 1 aromatic carbocycles. The summed E-state index contributed by atoms with van der Waals surface area (Å²) in [7, 11) is -3.59. The number of halogens is 1. The van der Waals surface area contributed by atoms with Gasteiger partial charge >= 0.3 is 0 Å². The number of anilines is 1. The van der Waals surface area contributed by atoms with Gasteiger partial charge in [-0.05, 0) is 31.0 Å². The summed E-state index contributed by atoms with van der Waals surface area (Å²) in [4.78, 5) is 0. The maximum absolute atomic E-state index is 13.0. The van der Waals surface area contributed by atoms with Crippen molar-refractivity contribution in [1.82, 2.24) is 0 Å². The van der Waals surface area contributed by atoms with Crippen molar-refractivity contribution in [3.05, 3.63) is 29.6 Å². The predicted molar refractivity (Wildman–Crippen MR) is 67.5 cm³/mol. The van der Waals surface area contributed by atoms with Gasteiger partial charge in [0.25, 0.3) is 0 Å². The van der Waals surface area contributed by atoms with Gasteiger partial charge in [-0.2, -0.15) is 5.26 Å². The first-order chi connectivity index (χ1) is 9.03. The van der Waals surface area contributed by atoms with Crippen LogP contribution in [0.25, 0.3) is 0 Å². The zero-order valence-electron chi connectivity index (χ0n) is 10.1. The molecule has 1 heterocycles. The van der Waals surface area contributed by atoms with Gasteiger partial charge in [-0.25, -0.2) is 12.8 Å². The van der Waals surface area contributed by atoms with E-state index in [1.165, 1.54) is 6.07 Å². The van der Waals surface area contributed by atoms with Gasteiger partial charge in [0.15, 0.2) is 0 Å². The SMILES string of the molecule is N#Cc1cc(F)ccc1NS(=O)(=O)C1CCOCC1. The van der Waals surface area contributed by atoms with Crippen molar-refractivity contribution < 1.29 is 17.5 Å². The second kappa shape index (κ2) is 5.55. The fourth-order valence-corrected chi connectivity index (χ4v) is 3.39. The van der Waals surface area contributed by atoms with Crippen LogP contribution in [0.3, 0.4) is 0 Å². The Kier molecular flexibility index (Phi) is 4.02. The van der Waals surface area contributed by atoms with Crippen LogP contribution in [-0.2, 0) is 14.8 Å². The molecule has 0 aromatic heterocycles. The maximum atomic E-state index is 13.0. The van der Waals surface area contributed by atoms with E-state index in [0.29, 0.717) is 26.1 Å². The van der Waals surface area contributed by atoms with Gasteiger partial charge in [0.2, 0.25) is 10.0 Å². The van der Waals surface area contributed by atoms with Crippen LogP contribution < -0.4 is 4.72 Å². The standard InChI is InChI=1S/C12H13FN2O3S/c13-10-1-2-12(9(7-10)8-14)15-19(16,17)11-3-5-18-6-4-11/h1-2,7,11,15H,3-6H2. The van der Waals surface area contributed by atoms with Crippen LogP contribution in [-0.4, -0.2) is 26.9 Å². The van der Waals surface area contributed by atoms with Gasteiger partial charge < -0.3 is 4.74 Å². The van der Waals surface area contributed by atoms with Gasteiger partial charge in [0, 0.05) is 13.2 Å². The fourth-order valence-electron chi connectivity index (χ4n) is 1.92. The minimum Gasteiger partial charge on any atom is -0.381 e. The minimum absolute atomic E-state index is 0.0318. The van der Waals surface area contributed by atoms with Crippen LogP contribution >= 0.6 is 0 Å². The van der Waals surface area contributed by atoms with Crippen LogP contribution in [0.2, 0.25) is 0 Å². The lowest BCUT2D eigenvalue weighted by atomic mass is 10.2. The van der Waals surface area contributed by atoms with Crippen molar-refractivity contribution in [2.24, 2.45) is 0 Å². The maximum Gasteiger partial charge on any atom is 0.235 e. The first kappa shape index (κ1) is 13.8. The van der Waals surface area contributed by atoms with Crippen molar-refractivity contribution in [2.45, 2.75) is 18.1 Å². The van der Waals surface area contributed by atoms with Crippen LogP contribution in [0.4, 0.5) is 10.1 Å². The average molecular weight is 284 g/mol. The first-order valence-electron chi connectivity index (χ1n) is 5.82. The Hall–Kier alpha value is -1.65. The number of sulfonamides is 1. The zero-order valence-corrected chi connectivity index (χ0v) is 10.9. The number of ether oxygens (including phenoxy) is 1. The number of rotatable bonds is 3. The molecule has 0 bridgehead atoms. The number of nitrogens with zero attached hydrogens (tertiary/aromatic N) is 1. The highest BCUT2D eigenvalue weighted by Crippen LogP contribution is 2.22. The summed E-state index contributed by atoms with van der Waals surface area (Å²) in [6.45, 7) is 0.806. The smallest absolute Gasteiger partial charge is 0.235 e. The number of hydrogen-bond donors (Lipinski definition) is 1. The molecule has 0 saturated carbocycles. The Labute approximate surface area is 111 Å². The third-order valence-corrected chi connectivity index (χ3v) is 4.81. The van der Waals surface area contributed by atoms with Crippen LogP contribution in [0.15, 0.2) is 18.2 Å². The molecule has 1 aromatic rings. The second-order valence-electron chi connectivity index (χ2n) is 4.26. The van der Waals surface area contributed by atoms with E-state index in [0.717, 1.165) is 12.1 Å². The summed E-state index contributed by atoms with van der Waals surface area (Å²) < 4.78 is 44.7. The molecule has 1 aliphatic rings. The molecule has 0 aliphatic carbocycles. The molecule has 5 nitrogen and oxygen atoms in total. The Bertz CT molecular complexity index is 604. The molecule has 1 saturated heterocycles. The van der Waals surface area contributed by atoms with Crippen LogP contribution in [0.1, 0.15) is 18.4 Å². The number of nitrogens with one attached hydrogen (secondary N) is 1. The molecule has 0 radical (unpaired) electrons. The molecule has 2 rings (SSSR count). The highest BCUT2D eigenvalue weighted by Gasteiger charge is 2.28. The summed E-state index contributed by atoms with van der Waals surface area (Å²) in [6.07, 6.45) is 0.830. The predicted octanol–water partition coefficient (Wildman–Crippen LogP) is 1.62. The molecule has 1 fully saturated rings. The highest BCUT2D eigenvalue weighted by molar-refractivity contribution is 7.93. The molecule has 1 N–H and O–H groups in total. The quantitative estimate of drug-likeness (QED) is 0.914. The molecule has 0 unspecified atom stereocenters. The van der Waals surface area contributed by atoms with Gasteiger partial charge in [0.05, 0.1) is 16.5 Å². The molecule has 1 aliphatic heterocycles. The fraction of sp³-hybridized carbons (Fsp3) is 0.417. The molecular weight excluding hydrogens is 271 g/mol. The van der Waals surface area contributed by atoms with E-state index < -0.39 is 21.1 Å². The van der Waals surface area contributed by atoms with Gasteiger partial charge in [-0.15, -0.1) is 0 Å². The van der Waals surface area contributed by atoms with Crippen LogP contribution in [0.5, 0.6) is 0 Å². The van der Waals surface area contributed by atoms with Crippen molar-refractivity contribution in [3.8, 4) is 6.07 Å². The Morgan fingerprint density at radius 3 is 2.68 bits per heavy atom. The van der Waals surface area contributed by atoms with E-state index in [1.54, 1.807) is 6.07 Å². The summed E-state index contributed by atoms with van der Waals surface area (Å²) >= 11 is 0. The summed E-state index contributed by atoms with van der Waals surface area (Å²) in [5.74, 6) is -0.578. The summed E-state index contributed by atoms with van der Waals surface area (Å²) in [5, 5.41) is 8.33. The normalized spacial score (nSPS) is 16.8. The number of nitriles is 1. The summed E-state index contributed by atoms with van der Waals surface area (Å²) in [6, 6.07) is 5.14. The monoisotopic (exact) mass is 284 g/mol. The number of hydrogen-bond acceptors (Lipinski definition) is 4. The van der Waals surface area contributed by atoms with Crippen molar-refractivity contribution >= 4 is 15.7 Å². The first-order valence-corrected chi connectivity index (χ1v) is 7.36. The second-order valence-corrected chi connectivity index (χ2v) is 6.22. The number of benzene rings is 1. The van der Waals surface area contributed by atoms with E-state index in [-0.39, 0.29) is 11.3 Å². The zero-order chi connectivity index (χ0) is 13.9. The Morgan fingerprint density at radius 2 is 2.05 bits per heavy atom. The van der Waals surface area contributed by atoms with Crippen molar-refractivity contribution in [1.29, 1.82) is 5.26 Å². The molecule has 102 valence electrons. The third kappa shape index (κ3) is 3.22. The third-order valence-electron chi connectivity index (χ3n) is 2.96. The lowest BCUT2D eigenvalue weighted by Gasteiger charge is -2.23. The van der Waals surface area contributed by atoms with Crippen LogP contribution in [0, 0.1) is 17.1 Å². The lowest BCUT2D eigenvalue weighted by Crippen LogP contribution is -2.33. The minimum atomic E-state index is -3.59. The average Bonchev–Trinajstić information content (AvgIpc) is 2.41.